The van der Waals surface area contributed by atoms with Crippen molar-refractivity contribution in [3.63, 3.8) is 0 Å². The summed E-state index contributed by atoms with van der Waals surface area (Å²) in [5, 5.41) is 0. The molecule has 2 rings (SSSR count). The van der Waals surface area contributed by atoms with E-state index in [0.29, 0.717) is 28.1 Å². The molecule has 0 bridgehead atoms. The summed E-state index contributed by atoms with van der Waals surface area (Å²) in [6.45, 7) is 6.45. The van der Waals surface area contributed by atoms with E-state index in [1.807, 2.05) is 18.4 Å². The maximum absolute atomic E-state index is 12.6. The third-order valence-electron chi connectivity index (χ3n) is 4.02. The number of hydrogen-bond donors (Lipinski definition) is 1. The van der Waals surface area contributed by atoms with E-state index in [2.05, 4.69) is 4.98 Å². The lowest BCUT2D eigenvalue weighted by Gasteiger charge is -2.13. The number of carbonyl (C=O) groups excluding carboxylic acids is 3. The molecule has 0 unspecified atom stereocenters. The number of aryl methyl sites for hydroxylation is 1. The number of carbonyl (C=O) groups is 3. The number of aromatic nitrogens is 1. The predicted octanol–water partition coefficient (Wildman–Crippen LogP) is 3.98. The normalized spacial score (nSPS) is 11.9. The summed E-state index contributed by atoms with van der Waals surface area (Å²) in [6.07, 6.45) is 0.911. The highest BCUT2D eigenvalue weighted by molar-refractivity contribution is 7.98. The third-order valence-corrected chi connectivity index (χ3v) is 4.81. The van der Waals surface area contributed by atoms with Gasteiger partial charge in [-0.3, -0.25) is 9.59 Å². The first-order valence-corrected chi connectivity index (χ1v) is 9.08. The number of ketones is 2. The Morgan fingerprint density at radius 2 is 1.80 bits per heavy atom. The minimum Gasteiger partial charge on any atom is -0.451 e. The molecule has 0 amide bonds. The second-order valence-corrected chi connectivity index (χ2v) is 6.64. The Bertz CT molecular complexity index is 838. The highest BCUT2D eigenvalue weighted by atomic mass is 32.2. The molecule has 0 fully saturated rings. The summed E-state index contributed by atoms with van der Waals surface area (Å²) < 4.78 is 5.35. The van der Waals surface area contributed by atoms with Gasteiger partial charge in [-0.25, -0.2) is 4.79 Å². The average Bonchev–Trinajstić information content (AvgIpc) is 2.88. The molecule has 1 aromatic heterocycles. The zero-order valence-corrected chi connectivity index (χ0v) is 15.7. The molecule has 6 heteroatoms. The highest BCUT2D eigenvalue weighted by Crippen LogP contribution is 2.23. The standard InChI is InChI=1S/C19H21NO4S/c1-10-16(12(3)21)11(2)20-17(10)18(22)13(4)24-19(23)14-8-6-7-9-15(14)25-5/h6-9,13,20H,1-5H3/t13-/m0/s1. The Balaban J connectivity index is 2.22. The van der Waals surface area contributed by atoms with Gasteiger partial charge in [-0.2, -0.15) is 0 Å². The molecule has 0 spiro atoms. The molecule has 0 radical (unpaired) electrons. The van der Waals surface area contributed by atoms with E-state index in [1.54, 1.807) is 26.0 Å². The van der Waals surface area contributed by atoms with Gasteiger partial charge in [0.25, 0.3) is 0 Å². The molecule has 0 aliphatic carbocycles. The average molecular weight is 359 g/mol. The first kappa shape index (κ1) is 19.0. The monoisotopic (exact) mass is 359 g/mol. The zero-order valence-electron chi connectivity index (χ0n) is 14.9. The van der Waals surface area contributed by atoms with Gasteiger partial charge in [0.1, 0.15) is 0 Å². The molecule has 0 aliphatic rings. The molecule has 132 valence electrons. The fraction of sp³-hybridized carbons (Fsp3) is 0.316. The number of aromatic amines is 1. The highest BCUT2D eigenvalue weighted by Gasteiger charge is 2.26. The lowest BCUT2D eigenvalue weighted by Crippen LogP contribution is -2.25. The van der Waals surface area contributed by atoms with Crippen molar-refractivity contribution in [2.75, 3.05) is 6.26 Å². The van der Waals surface area contributed by atoms with Crippen LogP contribution in [0.1, 0.15) is 56.3 Å². The number of Topliss-reactive ketones (excluding diaryl/α,β-unsaturated/α-hetero) is 2. The molecule has 0 saturated heterocycles. The Hall–Kier alpha value is -2.34. The van der Waals surface area contributed by atoms with Crippen molar-refractivity contribution in [1.29, 1.82) is 0 Å². The Labute approximate surface area is 151 Å². The number of hydrogen-bond acceptors (Lipinski definition) is 5. The summed E-state index contributed by atoms with van der Waals surface area (Å²) in [5.41, 5.74) is 2.47. The van der Waals surface area contributed by atoms with Crippen LogP contribution in [0.3, 0.4) is 0 Å². The maximum atomic E-state index is 12.6. The second-order valence-electron chi connectivity index (χ2n) is 5.79. The van der Waals surface area contributed by atoms with Gasteiger partial charge in [-0.15, -0.1) is 11.8 Å². The van der Waals surface area contributed by atoms with Crippen LogP contribution in [0.5, 0.6) is 0 Å². The molecule has 25 heavy (non-hydrogen) atoms. The van der Waals surface area contributed by atoms with Gasteiger partial charge in [0, 0.05) is 16.2 Å². The van der Waals surface area contributed by atoms with E-state index in [9.17, 15) is 14.4 Å². The van der Waals surface area contributed by atoms with E-state index in [1.165, 1.54) is 25.6 Å². The molecule has 1 N–H and O–H groups in total. The summed E-state index contributed by atoms with van der Waals surface area (Å²) >= 11 is 1.44. The van der Waals surface area contributed by atoms with Crippen LogP contribution in [0.15, 0.2) is 29.2 Å². The fourth-order valence-electron chi connectivity index (χ4n) is 2.82. The minimum absolute atomic E-state index is 0.108. The predicted molar refractivity (Wildman–Crippen MR) is 97.7 cm³/mol. The van der Waals surface area contributed by atoms with Gasteiger partial charge >= 0.3 is 5.97 Å². The number of thioether (sulfide) groups is 1. The molecule has 1 heterocycles. The van der Waals surface area contributed by atoms with Crippen molar-refractivity contribution in [3.8, 4) is 0 Å². The van der Waals surface area contributed by atoms with Gasteiger partial charge in [0.2, 0.25) is 5.78 Å². The summed E-state index contributed by atoms with van der Waals surface area (Å²) in [4.78, 5) is 40.5. The maximum Gasteiger partial charge on any atom is 0.339 e. The number of H-pyrrole nitrogens is 1. The van der Waals surface area contributed by atoms with Gasteiger partial charge in [-0.05, 0) is 51.6 Å². The van der Waals surface area contributed by atoms with E-state index >= 15 is 0 Å². The smallest absolute Gasteiger partial charge is 0.339 e. The number of ether oxygens (including phenoxy) is 1. The molecular weight excluding hydrogens is 338 g/mol. The molecule has 0 aliphatic heterocycles. The largest absolute Gasteiger partial charge is 0.451 e. The van der Waals surface area contributed by atoms with Gasteiger partial charge in [0.15, 0.2) is 11.9 Å². The molecule has 5 nitrogen and oxygen atoms in total. The number of benzene rings is 1. The Morgan fingerprint density at radius 3 is 2.36 bits per heavy atom. The van der Waals surface area contributed by atoms with Gasteiger partial charge in [-0.1, -0.05) is 12.1 Å². The third kappa shape index (κ3) is 3.85. The van der Waals surface area contributed by atoms with Gasteiger partial charge in [0.05, 0.1) is 11.3 Å². The zero-order chi connectivity index (χ0) is 18.7. The van der Waals surface area contributed by atoms with Crippen LogP contribution in [0.2, 0.25) is 0 Å². The quantitative estimate of drug-likeness (QED) is 0.479. The van der Waals surface area contributed by atoms with Crippen molar-refractivity contribution < 1.29 is 19.1 Å². The molecular formula is C19H21NO4S. The fourth-order valence-corrected chi connectivity index (χ4v) is 3.40. The van der Waals surface area contributed by atoms with Crippen molar-refractivity contribution in [1.82, 2.24) is 4.98 Å². The van der Waals surface area contributed by atoms with Crippen LogP contribution in [-0.2, 0) is 4.74 Å². The summed E-state index contributed by atoms with van der Waals surface area (Å²) in [5.74, 6) is -1.01. The van der Waals surface area contributed by atoms with Crippen molar-refractivity contribution in [2.24, 2.45) is 0 Å². The molecule has 0 saturated carbocycles. The van der Waals surface area contributed by atoms with Crippen molar-refractivity contribution in [2.45, 2.75) is 38.7 Å². The van der Waals surface area contributed by atoms with E-state index in [4.69, 9.17) is 4.74 Å². The van der Waals surface area contributed by atoms with Crippen LogP contribution in [0.4, 0.5) is 0 Å². The van der Waals surface area contributed by atoms with Crippen LogP contribution in [-0.4, -0.2) is 34.9 Å². The number of rotatable bonds is 6. The van der Waals surface area contributed by atoms with Crippen LogP contribution in [0.25, 0.3) is 0 Å². The van der Waals surface area contributed by atoms with Gasteiger partial charge < -0.3 is 9.72 Å². The van der Waals surface area contributed by atoms with E-state index < -0.39 is 12.1 Å². The lowest BCUT2D eigenvalue weighted by atomic mass is 10.0. The van der Waals surface area contributed by atoms with E-state index in [-0.39, 0.29) is 11.6 Å². The summed E-state index contributed by atoms with van der Waals surface area (Å²) in [6, 6.07) is 7.08. The van der Waals surface area contributed by atoms with Crippen LogP contribution < -0.4 is 0 Å². The topological polar surface area (TPSA) is 76.2 Å². The molecule has 1 aromatic carbocycles. The number of nitrogens with one attached hydrogen (secondary N) is 1. The SMILES string of the molecule is CSc1ccccc1C(=O)O[C@@H](C)C(=O)c1[nH]c(C)c(C(C)=O)c1C. The first-order valence-electron chi connectivity index (χ1n) is 7.86. The second kappa shape index (κ2) is 7.70. The Morgan fingerprint density at radius 1 is 1.16 bits per heavy atom. The Kier molecular flexibility index (Phi) is 5.85. The van der Waals surface area contributed by atoms with Crippen LogP contribution in [0, 0.1) is 13.8 Å². The van der Waals surface area contributed by atoms with Crippen molar-refractivity contribution >= 4 is 29.3 Å². The molecule has 2 aromatic rings. The van der Waals surface area contributed by atoms with E-state index in [0.717, 1.165) is 4.90 Å². The minimum atomic E-state index is -0.959. The lowest BCUT2D eigenvalue weighted by molar-refractivity contribution is 0.0313. The van der Waals surface area contributed by atoms with Crippen LogP contribution >= 0.6 is 11.8 Å². The number of esters is 1. The summed E-state index contributed by atoms with van der Waals surface area (Å²) in [7, 11) is 0. The molecule has 1 atom stereocenters. The first-order chi connectivity index (χ1) is 11.8. The van der Waals surface area contributed by atoms with Crippen molar-refractivity contribution in [3.05, 3.63) is 52.3 Å².